The average molecular weight is 497 g/mol. The summed E-state index contributed by atoms with van der Waals surface area (Å²) in [6.07, 6.45) is 1.64. The van der Waals surface area contributed by atoms with E-state index < -0.39 is 47.4 Å². The summed E-state index contributed by atoms with van der Waals surface area (Å²) in [4.78, 5) is 50.1. The Morgan fingerprint density at radius 3 is 1.80 bits per heavy atom. The van der Waals surface area contributed by atoms with Gasteiger partial charge in [0.2, 0.25) is 11.8 Å². The minimum absolute atomic E-state index is 0.00492. The van der Waals surface area contributed by atoms with Crippen molar-refractivity contribution in [2.75, 3.05) is 13.2 Å². The van der Waals surface area contributed by atoms with Crippen molar-refractivity contribution in [1.82, 2.24) is 10.6 Å². The second-order valence-electron chi connectivity index (χ2n) is 9.32. The molecule has 0 radical (unpaired) electrons. The highest BCUT2D eigenvalue weighted by molar-refractivity contribution is 5.91. The molecule has 2 amide bonds. The molecule has 0 fully saturated rings. The molecular formula is C25H44N4O6. The molecule has 200 valence electrons. The van der Waals surface area contributed by atoms with E-state index in [1.165, 1.54) is 6.08 Å². The molecular weight excluding hydrogens is 452 g/mol. The van der Waals surface area contributed by atoms with Gasteiger partial charge in [0, 0.05) is 0 Å². The zero-order chi connectivity index (χ0) is 27.3. The number of esters is 2. The molecule has 0 saturated heterocycles. The lowest BCUT2D eigenvalue weighted by Gasteiger charge is -2.31. The van der Waals surface area contributed by atoms with Gasteiger partial charge in [0.1, 0.15) is 17.6 Å². The zero-order valence-electron chi connectivity index (χ0n) is 22.0. The van der Waals surface area contributed by atoms with Crippen molar-refractivity contribution in [3.8, 4) is 0 Å². The van der Waals surface area contributed by atoms with Crippen LogP contribution in [0.1, 0.15) is 60.8 Å². The first-order chi connectivity index (χ1) is 16.2. The number of hydrogen-bond acceptors (Lipinski definition) is 8. The van der Waals surface area contributed by atoms with Gasteiger partial charge in [-0.1, -0.05) is 45.9 Å². The standard InChI is InChI=1S/C25H44N4O6/c1-9-12-25(27,24(33)29-20(16(6)7)23(32)35-11-3)14-17(8)13-18(26)21(30)28-19(15(4)5)22(31)34-10-2/h9,15-16,18-20H,1,8,10-14,26-27H2,2-7H3,(H,28,30)(H,29,33)/t18-,19+,20+,25-/m1/s1. The van der Waals surface area contributed by atoms with Crippen molar-refractivity contribution in [2.24, 2.45) is 23.3 Å². The molecule has 0 aliphatic heterocycles. The quantitative estimate of drug-likeness (QED) is 0.184. The molecule has 6 N–H and O–H groups in total. The SMILES string of the molecule is C=CC[C@@](N)(CC(=C)C[C@@H](N)C(=O)N[C@H](C(=O)OCC)C(C)C)C(=O)N[C@H](C(=O)OCC)C(C)C. The summed E-state index contributed by atoms with van der Waals surface area (Å²) >= 11 is 0. The van der Waals surface area contributed by atoms with Crippen molar-refractivity contribution in [1.29, 1.82) is 0 Å². The van der Waals surface area contributed by atoms with Gasteiger partial charge in [-0.15, -0.1) is 6.58 Å². The fourth-order valence-electron chi connectivity index (χ4n) is 3.43. The van der Waals surface area contributed by atoms with Crippen LogP contribution in [0.5, 0.6) is 0 Å². The predicted molar refractivity (Wildman–Crippen MR) is 135 cm³/mol. The van der Waals surface area contributed by atoms with Crippen LogP contribution in [0.3, 0.4) is 0 Å². The van der Waals surface area contributed by atoms with Crippen LogP contribution in [0, 0.1) is 11.8 Å². The normalized spacial score (nSPS) is 15.4. The summed E-state index contributed by atoms with van der Waals surface area (Å²) < 4.78 is 10.1. The molecule has 0 heterocycles. The van der Waals surface area contributed by atoms with Crippen LogP contribution < -0.4 is 22.1 Å². The average Bonchev–Trinajstić information content (AvgIpc) is 2.74. The van der Waals surface area contributed by atoms with Gasteiger partial charge < -0.3 is 31.6 Å². The Bertz CT molecular complexity index is 767. The van der Waals surface area contributed by atoms with Gasteiger partial charge in [-0.2, -0.15) is 0 Å². The zero-order valence-corrected chi connectivity index (χ0v) is 22.0. The fourth-order valence-corrected chi connectivity index (χ4v) is 3.43. The molecule has 0 aromatic rings. The van der Waals surface area contributed by atoms with E-state index in [-0.39, 0.29) is 44.3 Å². The number of carbonyl (C=O) groups is 4. The van der Waals surface area contributed by atoms with E-state index in [0.717, 1.165) is 0 Å². The Kier molecular flexibility index (Phi) is 14.1. The molecule has 0 saturated carbocycles. The lowest BCUT2D eigenvalue weighted by atomic mass is 9.85. The van der Waals surface area contributed by atoms with E-state index in [1.807, 2.05) is 0 Å². The molecule has 0 bridgehead atoms. The Hall–Kier alpha value is -2.72. The predicted octanol–water partition coefficient (Wildman–Crippen LogP) is 1.33. The summed E-state index contributed by atoms with van der Waals surface area (Å²) in [5.41, 5.74) is 11.5. The topological polar surface area (TPSA) is 163 Å². The van der Waals surface area contributed by atoms with Gasteiger partial charge in [-0.25, -0.2) is 9.59 Å². The molecule has 0 aromatic carbocycles. The summed E-state index contributed by atoms with van der Waals surface area (Å²) in [6, 6.07) is -2.72. The van der Waals surface area contributed by atoms with Crippen molar-refractivity contribution in [3.63, 3.8) is 0 Å². The number of hydrogen-bond donors (Lipinski definition) is 4. The van der Waals surface area contributed by atoms with E-state index in [2.05, 4.69) is 23.8 Å². The van der Waals surface area contributed by atoms with Crippen LogP contribution in [0.25, 0.3) is 0 Å². The third kappa shape index (κ3) is 10.6. The highest BCUT2D eigenvalue weighted by Crippen LogP contribution is 2.22. The summed E-state index contributed by atoms with van der Waals surface area (Å²) in [7, 11) is 0. The molecule has 0 aromatic heterocycles. The Morgan fingerprint density at radius 2 is 1.40 bits per heavy atom. The minimum atomic E-state index is -1.46. The number of nitrogens with two attached hydrogens (primary N) is 2. The van der Waals surface area contributed by atoms with Gasteiger partial charge in [0.25, 0.3) is 0 Å². The number of rotatable bonds is 16. The molecule has 0 spiro atoms. The molecule has 0 rings (SSSR count). The number of amides is 2. The summed E-state index contributed by atoms with van der Waals surface area (Å²) in [5.74, 6) is -2.61. The maximum Gasteiger partial charge on any atom is 0.328 e. The second-order valence-corrected chi connectivity index (χ2v) is 9.32. The van der Waals surface area contributed by atoms with E-state index in [0.29, 0.717) is 5.57 Å². The first-order valence-corrected chi connectivity index (χ1v) is 12.0. The first kappa shape index (κ1) is 32.3. The van der Waals surface area contributed by atoms with Crippen LogP contribution in [0.4, 0.5) is 0 Å². The smallest absolute Gasteiger partial charge is 0.328 e. The monoisotopic (exact) mass is 496 g/mol. The van der Waals surface area contributed by atoms with Gasteiger partial charge in [0.15, 0.2) is 0 Å². The molecule has 0 unspecified atom stereocenters. The summed E-state index contributed by atoms with van der Waals surface area (Å²) in [6.45, 7) is 18.5. The van der Waals surface area contributed by atoms with Crippen LogP contribution in [-0.2, 0) is 28.7 Å². The highest BCUT2D eigenvalue weighted by atomic mass is 16.5. The van der Waals surface area contributed by atoms with Crippen LogP contribution in [-0.4, -0.2) is 60.6 Å². The summed E-state index contributed by atoms with van der Waals surface area (Å²) in [5, 5.41) is 5.30. The molecule has 10 nitrogen and oxygen atoms in total. The number of ether oxygens (including phenoxy) is 2. The van der Waals surface area contributed by atoms with E-state index in [1.54, 1.807) is 41.5 Å². The van der Waals surface area contributed by atoms with Crippen molar-refractivity contribution < 1.29 is 28.7 Å². The molecule has 4 atom stereocenters. The van der Waals surface area contributed by atoms with E-state index in [9.17, 15) is 19.2 Å². The van der Waals surface area contributed by atoms with Gasteiger partial charge in [-0.3, -0.25) is 9.59 Å². The minimum Gasteiger partial charge on any atom is -0.464 e. The third-order valence-corrected chi connectivity index (χ3v) is 5.37. The lowest BCUT2D eigenvalue weighted by Crippen LogP contribution is -2.59. The van der Waals surface area contributed by atoms with E-state index >= 15 is 0 Å². The van der Waals surface area contributed by atoms with Crippen molar-refractivity contribution in [3.05, 3.63) is 24.8 Å². The molecule has 0 aliphatic carbocycles. The maximum absolute atomic E-state index is 13.1. The fraction of sp³-hybridized carbons (Fsp3) is 0.680. The van der Waals surface area contributed by atoms with Gasteiger partial charge in [0.05, 0.1) is 19.3 Å². The first-order valence-electron chi connectivity index (χ1n) is 12.0. The van der Waals surface area contributed by atoms with Crippen LogP contribution in [0.2, 0.25) is 0 Å². The Morgan fingerprint density at radius 1 is 0.943 bits per heavy atom. The Labute approximate surface area is 209 Å². The van der Waals surface area contributed by atoms with Crippen LogP contribution >= 0.6 is 0 Å². The van der Waals surface area contributed by atoms with Gasteiger partial charge in [-0.05, 0) is 44.9 Å². The highest BCUT2D eigenvalue weighted by Gasteiger charge is 2.37. The second kappa shape index (κ2) is 15.3. The maximum atomic E-state index is 13.1. The number of nitrogens with one attached hydrogen (secondary N) is 2. The number of carbonyl (C=O) groups excluding carboxylic acids is 4. The third-order valence-electron chi connectivity index (χ3n) is 5.37. The van der Waals surface area contributed by atoms with Gasteiger partial charge >= 0.3 is 11.9 Å². The van der Waals surface area contributed by atoms with Crippen molar-refractivity contribution in [2.45, 2.75) is 84.5 Å². The van der Waals surface area contributed by atoms with E-state index in [4.69, 9.17) is 20.9 Å². The molecule has 35 heavy (non-hydrogen) atoms. The molecule has 0 aliphatic rings. The largest absolute Gasteiger partial charge is 0.464 e. The molecule has 10 heteroatoms. The van der Waals surface area contributed by atoms with Crippen LogP contribution in [0.15, 0.2) is 24.8 Å². The lowest BCUT2D eigenvalue weighted by molar-refractivity contribution is -0.149. The Balaban J connectivity index is 5.35. The van der Waals surface area contributed by atoms with Crippen molar-refractivity contribution >= 4 is 23.8 Å².